The van der Waals surface area contributed by atoms with E-state index >= 15 is 0 Å². The quantitative estimate of drug-likeness (QED) is 0.641. The van der Waals surface area contributed by atoms with Gasteiger partial charge in [-0.2, -0.15) is 12.1 Å². The first kappa shape index (κ1) is 8.73. The number of rotatable bonds is 0. The Morgan fingerprint density at radius 1 is 1.22 bits per heavy atom. The second-order valence-electron chi connectivity index (χ2n) is 1.34. The van der Waals surface area contributed by atoms with Crippen LogP contribution in [0.25, 0.3) is 0 Å². The molecule has 0 radical (unpaired) electrons. The van der Waals surface area contributed by atoms with E-state index < -0.39 is 11.6 Å². The average molecular weight is 305 g/mol. The Balaban J connectivity index is 0.000000640. The molecule has 0 aliphatic heterocycles. The fourth-order valence-electron chi connectivity index (χ4n) is 0.391. The predicted molar refractivity (Wildman–Crippen MR) is 25.2 cm³/mol. The first-order chi connectivity index (χ1) is 3.80. The maximum Gasteiger partial charge on any atom is 3.00 e. The predicted octanol–water partition coefficient (Wildman–Crippen LogP) is 1.76. The van der Waals surface area contributed by atoms with E-state index in [0.29, 0.717) is 0 Å². The van der Waals surface area contributed by atoms with E-state index in [9.17, 15) is 8.78 Å². The van der Waals surface area contributed by atoms with Crippen LogP contribution >= 0.6 is 0 Å². The third-order valence-corrected chi connectivity index (χ3v) is 0.764. The van der Waals surface area contributed by atoms with E-state index in [0.717, 1.165) is 12.1 Å². The number of hydrogen-bond acceptors (Lipinski definition) is 0. The zero-order valence-corrected chi connectivity index (χ0v) is 6.72. The summed E-state index contributed by atoms with van der Waals surface area (Å²) in [6.07, 6.45) is 0. The van der Waals surface area contributed by atoms with Crippen molar-refractivity contribution < 1.29 is 28.9 Å². The van der Waals surface area contributed by atoms with Gasteiger partial charge >= 0.3 is 20.1 Å². The molecule has 3 heteroatoms. The molecule has 48 valence electrons. The van der Waals surface area contributed by atoms with Gasteiger partial charge in [0.05, 0.1) is 0 Å². The molecule has 9 heavy (non-hydrogen) atoms. The van der Waals surface area contributed by atoms with Crippen molar-refractivity contribution in [2.24, 2.45) is 0 Å². The summed E-state index contributed by atoms with van der Waals surface area (Å²) in [5.41, 5.74) is 0. The van der Waals surface area contributed by atoms with Crippen LogP contribution < -0.4 is 0 Å². The Labute approximate surface area is 65.2 Å². The molecule has 0 atom stereocenters. The molecule has 0 bridgehead atoms. The summed E-state index contributed by atoms with van der Waals surface area (Å²) in [5, 5.41) is 0. The molecule has 0 amide bonds. The largest absolute Gasteiger partial charge is 3.00 e. The van der Waals surface area contributed by atoms with Gasteiger partial charge in [-0.05, 0) is 0 Å². The van der Waals surface area contributed by atoms with Crippen LogP contribution in [0.4, 0.5) is 8.78 Å². The normalized spacial score (nSPS) is 8.22. The molecule has 0 aromatic heterocycles. The third kappa shape index (κ3) is 2.20. The van der Waals surface area contributed by atoms with Gasteiger partial charge < -0.3 is 0 Å². The topological polar surface area (TPSA) is 0 Å². The summed E-state index contributed by atoms with van der Waals surface area (Å²) in [6.45, 7) is 0. The minimum Gasteiger partial charge on any atom is -0.281 e. The Bertz CT molecular complexity index is 167. The minimum absolute atomic E-state index is 0. The van der Waals surface area contributed by atoms with Crippen LogP contribution in [0.5, 0.6) is 0 Å². The summed E-state index contributed by atoms with van der Waals surface area (Å²) in [7, 11) is 0. The van der Waals surface area contributed by atoms with E-state index in [1.807, 2.05) is 0 Å². The van der Waals surface area contributed by atoms with Crippen molar-refractivity contribution in [3.05, 3.63) is 35.9 Å². The van der Waals surface area contributed by atoms with Gasteiger partial charge in [-0.25, -0.2) is 4.39 Å². The van der Waals surface area contributed by atoms with E-state index in [2.05, 4.69) is 6.07 Å². The molecule has 0 saturated heterocycles. The van der Waals surface area contributed by atoms with Gasteiger partial charge in [-0.15, -0.1) is 12.1 Å². The molecule has 0 aliphatic carbocycles. The molecule has 0 heterocycles. The fourth-order valence-corrected chi connectivity index (χ4v) is 0.391. The Morgan fingerprint density at radius 2 is 1.89 bits per heavy atom. The summed E-state index contributed by atoms with van der Waals surface area (Å²) in [5.74, 6) is -1.68. The van der Waals surface area contributed by atoms with Gasteiger partial charge in [-0.1, -0.05) is 0 Å². The maximum atomic E-state index is 11.9. The van der Waals surface area contributed by atoms with Crippen LogP contribution in [-0.2, 0) is 20.1 Å². The smallest absolute Gasteiger partial charge is 0.281 e. The molecular weight excluding hydrogens is 302 g/mol. The van der Waals surface area contributed by atoms with E-state index in [4.69, 9.17) is 0 Å². The number of benzene rings is 1. The van der Waals surface area contributed by atoms with Gasteiger partial charge in [0.15, 0.2) is 0 Å². The molecule has 0 spiro atoms. The summed E-state index contributed by atoms with van der Waals surface area (Å²) in [4.78, 5) is 0. The second kappa shape index (κ2) is 3.70. The monoisotopic (exact) mass is 306 g/mol. The van der Waals surface area contributed by atoms with Crippen molar-refractivity contribution in [2.75, 3.05) is 0 Å². The molecule has 0 nitrogen and oxygen atoms in total. The van der Waals surface area contributed by atoms with Crippen molar-refractivity contribution in [3.8, 4) is 0 Å². The minimum atomic E-state index is -0.854. The third-order valence-electron chi connectivity index (χ3n) is 0.764. The van der Waals surface area contributed by atoms with Gasteiger partial charge in [-0.3, -0.25) is 4.39 Å². The first-order valence-corrected chi connectivity index (χ1v) is 2.12. The molecule has 1 aromatic rings. The van der Waals surface area contributed by atoms with Crippen LogP contribution in [-0.4, -0.2) is 0 Å². The van der Waals surface area contributed by atoms with Crippen LogP contribution in [0.2, 0.25) is 0 Å². The zero-order chi connectivity index (χ0) is 5.98. The van der Waals surface area contributed by atoms with E-state index in [1.54, 1.807) is 0 Å². The molecular formula is C6H3F2Ir+2. The SMILES string of the molecule is Fc1c[c-]ccc1F.[Ir+3]. The van der Waals surface area contributed by atoms with Crippen LogP contribution in [0.15, 0.2) is 18.2 Å². The van der Waals surface area contributed by atoms with Crippen molar-refractivity contribution in [1.82, 2.24) is 0 Å². The van der Waals surface area contributed by atoms with E-state index in [-0.39, 0.29) is 20.1 Å². The maximum absolute atomic E-state index is 11.9. The van der Waals surface area contributed by atoms with Gasteiger partial charge in [0.2, 0.25) is 0 Å². The average Bonchev–Trinajstić information content (AvgIpc) is 1.77. The summed E-state index contributed by atoms with van der Waals surface area (Å²) >= 11 is 0. The van der Waals surface area contributed by atoms with Crippen LogP contribution in [0.3, 0.4) is 0 Å². The molecule has 0 fully saturated rings. The summed E-state index contributed by atoms with van der Waals surface area (Å²) < 4.78 is 23.8. The fraction of sp³-hybridized carbons (Fsp3) is 0. The Hall–Kier alpha value is -0.271. The van der Waals surface area contributed by atoms with Gasteiger partial charge in [0.25, 0.3) is 0 Å². The van der Waals surface area contributed by atoms with E-state index in [1.165, 1.54) is 6.07 Å². The van der Waals surface area contributed by atoms with Crippen LogP contribution in [0, 0.1) is 17.7 Å². The molecule has 0 unspecified atom stereocenters. The van der Waals surface area contributed by atoms with Crippen molar-refractivity contribution in [2.45, 2.75) is 0 Å². The Kier molecular flexibility index (Phi) is 3.59. The molecule has 1 rings (SSSR count). The number of hydrogen-bond donors (Lipinski definition) is 0. The Morgan fingerprint density at radius 3 is 2.22 bits per heavy atom. The molecule has 0 aliphatic rings. The summed E-state index contributed by atoms with van der Waals surface area (Å²) in [6, 6.07) is 5.68. The molecule has 0 N–H and O–H groups in total. The van der Waals surface area contributed by atoms with Crippen molar-refractivity contribution >= 4 is 0 Å². The second-order valence-corrected chi connectivity index (χ2v) is 1.34. The van der Waals surface area contributed by atoms with Gasteiger partial charge in [0.1, 0.15) is 0 Å². The van der Waals surface area contributed by atoms with Crippen molar-refractivity contribution in [3.63, 3.8) is 0 Å². The standard InChI is InChI=1S/C6H3F2.Ir/c7-5-3-1-2-4-6(5)8;/h1,3-4H;/q-1;+3. The zero-order valence-electron chi connectivity index (χ0n) is 4.32. The molecule has 0 saturated carbocycles. The van der Waals surface area contributed by atoms with Crippen molar-refractivity contribution in [1.29, 1.82) is 0 Å². The number of halogens is 2. The first-order valence-electron chi connectivity index (χ1n) is 2.12. The van der Waals surface area contributed by atoms with Crippen LogP contribution in [0.1, 0.15) is 0 Å². The molecule has 1 aromatic carbocycles. The van der Waals surface area contributed by atoms with Gasteiger partial charge in [0, 0.05) is 11.6 Å².